The molecular weight excluding hydrogens is 351 g/mol. The summed E-state index contributed by atoms with van der Waals surface area (Å²) in [6, 6.07) is 0. The zero-order valence-corrected chi connectivity index (χ0v) is 16.0. The van der Waals surface area contributed by atoms with Gasteiger partial charge in [0.15, 0.2) is 11.6 Å². The maximum absolute atomic E-state index is 14.1. The lowest BCUT2D eigenvalue weighted by molar-refractivity contribution is -0.244. The van der Waals surface area contributed by atoms with Crippen LogP contribution in [0.1, 0.15) is 60.8 Å². The number of hydrogen-bond acceptors (Lipinski definition) is 4. The fourth-order valence-corrected chi connectivity index (χ4v) is 2.99. The minimum atomic E-state index is -4.94. The Balaban J connectivity index is 3.38. The maximum Gasteiger partial charge on any atom is 0.407 e. The van der Waals surface area contributed by atoms with Gasteiger partial charge in [0.25, 0.3) is 5.91 Å². The number of carbonyl (C=O) groups is 3. The number of nitrogens with zero attached hydrogens (tertiary/aromatic N) is 1. The largest absolute Gasteiger partial charge is 0.440 e. The molecule has 0 bridgehead atoms. The Kier molecular flexibility index (Phi) is 6.32. The van der Waals surface area contributed by atoms with Crippen LogP contribution in [0.25, 0.3) is 0 Å². The average molecular weight is 377 g/mol. The third-order valence-corrected chi connectivity index (χ3v) is 4.32. The summed E-state index contributed by atoms with van der Waals surface area (Å²) in [6.45, 7) is 8.52. The number of esters is 1. The van der Waals surface area contributed by atoms with Crippen molar-refractivity contribution in [2.24, 2.45) is 10.8 Å². The number of β-lactam (4-membered cyclic amide) rings is 1. The summed E-state index contributed by atoms with van der Waals surface area (Å²) >= 11 is 0. The zero-order chi connectivity index (χ0) is 20.5. The van der Waals surface area contributed by atoms with Crippen molar-refractivity contribution >= 4 is 17.8 Å². The van der Waals surface area contributed by atoms with E-state index < -0.39 is 41.0 Å². The van der Waals surface area contributed by atoms with Crippen molar-refractivity contribution in [1.82, 2.24) is 4.90 Å². The summed E-state index contributed by atoms with van der Waals surface area (Å²) in [5.41, 5.74) is -4.18. The zero-order valence-electron chi connectivity index (χ0n) is 16.0. The lowest BCUT2D eigenvalue weighted by atomic mass is 9.63. The highest BCUT2D eigenvalue weighted by molar-refractivity contribution is 6.04. The van der Waals surface area contributed by atoms with Crippen molar-refractivity contribution in [3.8, 4) is 0 Å². The van der Waals surface area contributed by atoms with Crippen molar-refractivity contribution in [3.63, 3.8) is 0 Å². The molecule has 2 unspecified atom stereocenters. The molecule has 0 saturated carbocycles. The molecule has 26 heavy (non-hydrogen) atoms. The van der Waals surface area contributed by atoms with Gasteiger partial charge in [-0.1, -0.05) is 39.3 Å². The second-order valence-corrected chi connectivity index (χ2v) is 7.74. The van der Waals surface area contributed by atoms with E-state index >= 15 is 0 Å². The van der Waals surface area contributed by atoms with E-state index in [4.69, 9.17) is 4.74 Å². The van der Waals surface area contributed by atoms with Gasteiger partial charge in [0.05, 0.1) is 6.42 Å². The Bertz CT molecular complexity index is 599. The third-order valence-electron chi connectivity index (χ3n) is 4.32. The van der Waals surface area contributed by atoms with Crippen LogP contribution in [-0.2, 0) is 19.1 Å². The van der Waals surface area contributed by atoms with Crippen LogP contribution in [0.3, 0.4) is 0 Å². The summed E-state index contributed by atoms with van der Waals surface area (Å²) in [5.74, 6) is -2.85. The monoisotopic (exact) mass is 377 g/mol. The Morgan fingerprint density at radius 2 is 1.77 bits per heavy atom. The van der Waals surface area contributed by atoms with E-state index in [1.807, 2.05) is 0 Å². The van der Waals surface area contributed by atoms with E-state index in [9.17, 15) is 27.6 Å². The minimum Gasteiger partial charge on any atom is -0.440 e. The van der Waals surface area contributed by atoms with E-state index in [1.165, 1.54) is 34.6 Å². The molecule has 0 aromatic heterocycles. The van der Waals surface area contributed by atoms with Gasteiger partial charge in [0.2, 0.25) is 5.91 Å². The highest BCUT2D eigenvalue weighted by Gasteiger charge is 2.68. The summed E-state index contributed by atoms with van der Waals surface area (Å²) in [5, 5.41) is 0. The number of amides is 2. The number of likely N-dealkylation sites (tertiary alicyclic amines) is 1. The van der Waals surface area contributed by atoms with Crippen LogP contribution in [0.5, 0.6) is 0 Å². The van der Waals surface area contributed by atoms with E-state index in [1.54, 1.807) is 6.92 Å². The molecule has 1 rings (SSSR count). The fraction of sp³-hybridized carbons (Fsp3) is 0.722. The van der Waals surface area contributed by atoms with E-state index in [0.717, 1.165) is 6.08 Å². The Morgan fingerprint density at radius 1 is 1.23 bits per heavy atom. The van der Waals surface area contributed by atoms with E-state index in [-0.39, 0.29) is 18.4 Å². The van der Waals surface area contributed by atoms with Crippen LogP contribution in [0.2, 0.25) is 0 Å². The van der Waals surface area contributed by atoms with Crippen molar-refractivity contribution in [1.29, 1.82) is 0 Å². The van der Waals surface area contributed by atoms with Crippen molar-refractivity contribution in [3.05, 3.63) is 11.6 Å². The predicted octanol–water partition coefficient (Wildman–Crippen LogP) is 3.98. The van der Waals surface area contributed by atoms with Gasteiger partial charge in [-0.15, -0.1) is 0 Å². The van der Waals surface area contributed by atoms with Gasteiger partial charge in [-0.25, -0.2) is 4.90 Å². The van der Waals surface area contributed by atoms with Gasteiger partial charge in [-0.2, -0.15) is 13.2 Å². The van der Waals surface area contributed by atoms with Crippen LogP contribution in [0.15, 0.2) is 11.6 Å². The Hall–Kier alpha value is -1.86. The highest BCUT2D eigenvalue weighted by Crippen LogP contribution is 2.54. The molecule has 1 saturated heterocycles. The molecule has 2 atom stereocenters. The quantitative estimate of drug-likeness (QED) is 0.413. The molecule has 0 spiro atoms. The number of allylic oxidation sites excluding steroid dienone is 1. The second kappa shape index (κ2) is 7.40. The molecule has 1 heterocycles. The number of alkyl halides is 3. The molecule has 0 aliphatic carbocycles. The smallest absolute Gasteiger partial charge is 0.407 e. The first-order valence-electron chi connectivity index (χ1n) is 8.47. The predicted molar refractivity (Wildman–Crippen MR) is 88.6 cm³/mol. The van der Waals surface area contributed by atoms with Gasteiger partial charge in [0, 0.05) is 6.42 Å². The molecule has 1 fully saturated rings. The first-order chi connectivity index (χ1) is 11.7. The fourth-order valence-electron chi connectivity index (χ4n) is 2.99. The average Bonchev–Trinajstić information content (AvgIpc) is 2.41. The van der Waals surface area contributed by atoms with Gasteiger partial charge < -0.3 is 4.74 Å². The van der Waals surface area contributed by atoms with E-state index in [2.05, 4.69) is 0 Å². The maximum atomic E-state index is 14.1. The molecule has 0 aromatic carbocycles. The van der Waals surface area contributed by atoms with Crippen molar-refractivity contribution in [2.75, 3.05) is 0 Å². The Labute approximate surface area is 151 Å². The third kappa shape index (κ3) is 3.94. The molecule has 1 aliphatic heterocycles. The van der Waals surface area contributed by atoms with Crippen LogP contribution in [0, 0.1) is 10.8 Å². The molecule has 148 valence electrons. The lowest BCUT2D eigenvalue weighted by Gasteiger charge is -2.48. The SMILES string of the molecule is CCCC(=O)OC1CC(=O)N1C(=O)C(C=C(C)C)(C(C)(C)C)C(F)(F)F. The molecule has 0 N–H and O–H groups in total. The number of imide groups is 1. The number of halogens is 3. The topological polar surface area (TPSA) is 63.7 Å². The van der Waals surface area contributed by atoms with E-state index in [0.29, 0.717) is 11.3 Å². The summed E-state index contributed by atoms with van der Waals surface area (Å²) in [7, 11) is 0. The normalized spacial score (nSPS) is 20.1. The standard InChI is InChI=1S/C18H26F3NO4/c1-7-8-14(24)26-13-9-12(23)22(13)15(25)17(10-11(2)3,16(4,5)6)18(19,20)21/h10,13H,7-9H2,1-6H3. The molecule has 0 aromatic rings. The van der Waals surface area contributed by atoms with Gasteiger partial charge in [-0.05, 0) is 25.7 Å². The number of ether oxygens (including phenoxy) is 1. The van der Waals surface area contributed by atoms with Crippen LogP contribution in [0.4, 0.5) is 13.2 Å². The molecule has 5 nitrogen and oxygen atoms in total. The lowest BCUT2D eigenvalue weighted by Crippen LogP contribution is -2.66. The van der Waals surface area contributed by atoms with Gasteiger partial charge >= 0.3 is 12.1 Å². The van der Waals surface area contributed by atoms with Gasteiger partial charge in [0.1, 0.15) is 0 Å². The van der Waals surface area contributed by atoms with Crippen molar-refractivity contribution < 1.29 is 32.3 Å². The molecular formula is C18H26F3NO4. The number of hydrogen-bond donors (Lipinski definition) is 0. The summed E-state index contributed by atoms with van der Waals surface area (Å²) < 4.78 is 47.4. The molecule has 1 aliphatic rings. The summed E-state index contributed by atoms with van der Waals surface area (Å²) in [4.78, 5) is 37.0. The molecule has 0 radical (unpaired) electrons. The first kappa shape index (κ1) is 22.2. The summed E-state index contributed by atoms with van der Waals surface area (Å²) in [6.07, 6.45) is -5.12. The number of rotatable bonds is 5. The highest BCUT2D eigenvalue weighted by atomic mass is 19.4. The second-order valence-electron chi connectivity index (χ2n) is 7.74. The first-order valence-corrected chi connectivity index (χ1v) is 8.47. The van der Waals surface area contributed by atoms with Crippen LogP contribution < -0.4 is 0 Å². The Morgan fingerprint density at radius 3 is 2.12 bits per heavy atom. The van der Waals surface area contributed by atoms with Crippen LogP contribution in [-0.4, -0.2) is 35.1 Å². The number of carbonyl (C=O) groups excluding carboxylic acids is 3. The molecule has 8 heteroatoms. The van der Waals surface area contributed by atoms with Gasteiger partial charge in [-0.3, -0.25) is 14.4 Å². The molecule has 2 amide bonds. The van der Waals surface area contributed by atoms with Crippen LogP contribution >= 0.6 is 0 Å². The minimum absolute atomic E-state index is 0.0599. The van der Waals surface area contributed by atoms with Crippen molar-refractivity contribution in [2.45, 2.75) is 73.2 Å².